The maximum atomic E-state index is 12.7. The number of amides is 3. The maximum absolute atomic E-state index is 12.7. The zero-order valence-electron chi connectivity index (χ0n) is 20.0. The Morgan fingerprint density at radius 2 is 1.36 bits per heavy atom. The van der Waals surface area contributed by atoms with Crippen LogP contribution in [-0.4, -0.2) is 58.5 Å². The summed E-state index contributed by atoms with van der Waals surface area (Å²) in [5.41, 5.74) is 10.9. The molecule has 2 rings (SSSR count). The van der Waals surface area contributed by atoms with Gasteiger partial charge in [0.25, 0.3) is 11.8 Å². The number of aryl methyl sites for hydroxylation is 2. The molecule has 0 heterocycles. The molecule has 0 saturated carbocycles. The molecule has 0 bridgehead atoms. The molecular weight excluding hydrogens is 510 g/mol. The molecule has 3 amide bonds. The molecule has 36 heavy (non-hydrogen) atoms. The molecule has 196 valence electrons. The summed E-state index contributed by atoms with van der Waals surface area (Å²) in [6.07, 6.45) is -0.580. The van der Waals surface area contributed by atoms with Crippen LogP contribution in [-0.2, 0) is 34.4 Å². The van der Waals surface area contributed by atoms with E-state index >= 15 is 0 Å². The average molecular weight is 540 g/mol. The van der Waals surface area contributed by atoms with Crippen molar-refractivity contribution in [1.82, 2.24) is 19.9 Å². The zero-order chi connectivity index (χ0) is 27.1. The molecule has 0 spiro atoms. The van der Waals surface area contributed by atoms with E-state index in [0.29, 0.717) is 0 Å². The Morgan fingerprint density at radius 1 is 0.861 bits per heavy atom. The Balaban J connectivity index is 2.04. The minimum absolute atomic E-state index is 0.00976. The summed E-state index contributed by atoms with van der Waals surface area (Å²) in [7, 11) is -6.91. The summed E-state index contributed by atoms with van der Waals surface area (Å²) in [5.74, 6) is -2.60. The number of nitrogens with one attached hydrogen (secondary N) is 3. The van der Waals surface area contributed by atoms with Crippen molar-refractivity contribution in [3.8, 4) is 0 Å². The summed E-state index contributed by atoms with van der Waals surface area (Å²) in [4.78, 5) is 36.0. The van der Waals surface area contributed by atoms with Crippen molar-refractivity contribution in [2.45, 2.75) is 42.5 Å². The van der Waals surface area contributed by atoms with Gasteiger partial charge in [0.05, 0.1) is 16.3 Å². The first-order chi connectivity index (χ1) is 16.7. The van der Waals surface area contributed by atoms with Crippen LogP contribution < -0.4 is 21.3 Å². The van der Waals surface area contributed by atoms with E-state index in [-0.39, 0.29) is 22.6 Å². The van der Waals surface area contributed by atoms with Gasteiger partial charge in [-0.3, -0.25) is 25.2 Å². The summed E-state index contributed by atoms with van der Waals surface area (Å²) in [6.45, 7) is 2.95. The third-order valence-electron chi connectivity index (χ3n) is 5.05. The van der Waals surface area contributed by atoms with Gasteiger partial charge in [0.15, 0.2) is 0 Å². The molecule has 0 aliphatic carbocycles. The van der Waals surface area contributed by atoms with Crippen LogP contribution in [0.3, 0.4) is 0 Å². The SMILES string of the molecule is Cc1ccc(S(=O)(=O)N[C@H](CCC(N)=O)C(=O)NNC(=O)CN(C)S(=O)(=O)c2ccc(C)cc2)cc1. The van der Waals surface area contributed by atoms with Gasteiger partial charge in [-0.1, -0.05) is 35.4 Å². The first kappa shape index (κ1) is 28.9. The fraction of sp³-hybridized carbons (Fsp3) is 0.318. The fourth-order valence-electron chi connectivity index (χ4n) is 2.94. The molecule has 0 unspecified atom stereocenters. The van der Waals surface area contributed by atoms with Gasteiger partial charge in [0.1, 0.15) is 6.04 Å². The second-order valence-electron chi connectivity index (χ2n) is 8.10. The van der Waals surface area contributed by atoms with Gasteiger partial charge < -0.3 is 5.73 Å². The van der Waals surface area contributed by atoms with Crippen LogP contribution >= 0.6 is 0 Å². The number of likely N-dealkylation sites (N-methyl/N-ethyl adjacent to an activating group) is 1. The summed E-state index contributed by atoms with van der Waals surface area (Å²) < 4.78 is 53.6. The Bertz CT molecular complexity index is 1310. The minimum atomic E-state index is -4.14. The number of primary amides is 1. The Kier molecular flexibility index (Phi) is 9.69. The van der Waals surface area contributed by atoms with Crippen LogP contribution in [0.1, 0.15) is 24.0 Å². The van der Waals surface area contributed by atoms with Gasteiger partial charge >= 0.3 is 0 Å². The standard InChI is InChI=1S/C22H29N5O7S2/c1-15-4-8-17(9-5-15)35(31,32)26-19(12-13-20(23)28)22(30)25-24-21(29)14-27(3)36(33,34)18-10-6-16(2)7-11-18/h4-11,19,26H,12-14H2,1-3H3,(H2,23,28)(H,24,29)(H,25,30)/t19-/m1/s1. The van der Waals surface area contributed by atoms with E-state index in [1.165, 1.54) is 31.3 Å². The number of hydrogen-bond acceptors (Lipinski definition) is 7. The topological polar surface area (TPSA) is 185 Å². The van der Waals surface area contributed by atoms with Crippen LogP contribution in [0.15, 0.2) is 58.3 Å². The summed E-state index contributed by atoms with van der Waals surface area (Å²) in [5, 5.41) is 0. The Morgan fingerprint density at radius 3 is 1.86 bits per heavy atom. The summed E-state index contributed by atoms with van der Waals surface area (Å²) >= 11 is 0. The molecule has 2 aromatic carbocycles. The average Bonchev–Trinajstić information content (AvgIpc) is 2.80. The maximum Gasteiger partial charge on any atom is 0.256 e. The normalized spacial score (nSPS) is 12.7. The van der Waals surface area contributed by atoms with E-state index in [1.807, 2.05) is 0 Å². The van der Waals surface area contributed by atoms with Gasteiger partial charge in [-0.05, 0) is 44.5 Å². The lowest BCUT2D eigenvalue weighted by Gasteiger charge is -2.20. The molecule has 12 nitrogen and oxygen atoms in total. The first-order valence-corrected chi connectivity index (χ1v) is 13.6. The highest BCUT2D eigenvalue weighted by atomic mass is 32.2. The molecule has 0 aliphatic heterocycles. The van der Waals surface area contributed by atoms with E-state index in [4.69, 9.17) is 5.73 Å². The van der Waals surface area contributed by atoms with Crippen molar-refractivity contribution in [1.29, 1.82) is 0 Å². The van der Waals surface area contributed by atoms with Crippen LogP contribution in [0.2, 0.25) is 0 Å². The molecule has 0 saturated heterocycles. The molecule has 14 heteroatoms. The van der Waals surface area contributed by atoms with Crippen molar-refractivity contribution in [3.63, 3.8) is 0 Å². The van der Waals surface area contributed by atoms with E-state index in [2.05, 4.69) is 15.6 Å². The van der Waals surface area contributed by atoms with Gasteiger partial charge in [-0.2, -0.15) is 9.03 Å². The van der Waals surface area contributed by atoms with Crippen LogP contribution in [0.4, 0.5) is 0 Å². The van der Waals surface area contributed by atoms with E-state index in [1.54, 1.807) is 38.1 Å². The zero-order valence-corrected chi connectivity index (χ0v) is 21.6. The van der Waals surface area contributed by atoms with Gasteiger partial charge in [-0.15, -0.1) is 0 Å². The number of rotatable bonds is 11. The van der Waals surface area contributed by atoms with E-state index in [0.717, 1.165) is 15.4 Å². The quantitative estimate of drug-likeness (QED) is 0.282. The lowest BCUT2D eigenvalue weighted by molar-refractivity contribution is -0.130. The lowest BCUT2D eigenvalue weighted by atomic mass is 10.1. The highest BCUT2D eigenvalue weighted by Gasteiger charge is 2.27. The number of hydrazine groups is 1. The largest absolute Gasteiger partial charge is 0.370 e. The highest BCUT2D eigenvalue weighted by molar-refractivity contribution is 7.89. The molecule has 5 N–H and O–H groups in total. The molecule has 0 aliphatic rings. The van der Waals surface area contributed by atoms with E-state index in [9.17, 15) is 31.2 Å². The number of nitrogens with zero attached hydrogens (tertiary/aromatic N) is 1. The number of hydrogen-bond donors (Lipinski definition) is 4. The highest BCUT2D eigenvalue weighted by Crippen LogP contribution is 2.15. The third-order valence-corrected chi connectivity index (χ3v) is 8.35. The van der Waals surface area contributed by atoms with Crippen molar-refractivity contribution in [3.05, 3.63) is 59.7 Å². The predicted octanol–water partition coefficient (Wildman–Crippen LogP) is -0.316. The number of carbonyl (C=O) groups is 3. The Hall–Kier alpha value is -3.33. The number of carbonyl (C=O) groups excluding carboxylic acids is 3. The number of nitrogens with two attached hydrogens (primary N) is 1. The fourth-order valence-corrected chi connectivity index (χ4v) is 5.30. The molecule has 2 aromatic rings. The van der Waals surface area contributed by atoms with Gasteiger partial charge in [0.2, 0.25) is 26.0 Å². The molecule has 1 atom stereocenters. The van der Waals surface area contributed by atoms with E-state index < -0.39 is 50.4 Å². The second-order valence-corrected chi connectivity index (χ2v) is 11.9. The van der Waals surface area contributed by atoms with Crippen molar-refractivity contribution >= 4 is 37.8 Å². The Labute approximate surface area is 210 Å². The van der Waals surface area contributed by atoms with Crippen LogP contribution in [0.5, 0.6) is 0 Å². The minimum Gasteiger partial charge on any atom is -0.370 e. The third kappa shape index (κ3) is 8.12. The molecule has 0 fully saturated rings. The van der Waals surface area contributed by atoms with Gasteiger partial charge in [0, 0.05) is 13.5 Å². The monoisotopic (exact) mass is 539 g/mol. The number of benzene rings is 2. The number of sulfonamides is 2. The summed E-state index contributed by atoms with van der Waals surface area (Å²) in [6, 6.07) is 10.5. The van der Waals surface area contributed by atoms with Crippen LogP contribution in [0.25, 0.3) is 0 Å². The van der Waals surface area contributed by atoms with Crippen molar-refractivity contribution in [2.24, 2.45) is 5.73 Å². The van der Waals surface area contributed by atoms with Crippen molar-refractivity contribution < 1.29 is 31.2 Å². The smallest absolute Gasteiger partial charge is 0.256 e. The van der Waals surface area contributed by atoms with Gasteiger partial charge in [-0.25, -0.2) is 16.8 Å². The molecule has 0 radical (unpaired) electrons. The van der Waals surface area contributed by atoms with Crippen molar-refractivity contribution in [2.75, 3.05) is 13.6 Å². The predicted molar refractivity (Wildman–Crippen MR) is 131 cm³/mol. The second kappa shape index (κ2) is 12.1. The molecule has 0 aromatic heterocycles. The lowest BCUT2D eigenvalue weighted by Crippen LogP contribution is -2.54. The molecular formula is C22H29N5O7S2. The first-order valence-electron chi connectivity index (χ1n) is 10.7. The van der Waals surface area contributed by atoms with Crippen LogP contribution in [0, 0.1) is 13.8 Å².